The van der Waals surface area contributed by atoms with Crippen molar-refractivity contribution in [2.45, 2.75) is 69.2 Å². The predicted molar refractivity (Wildman–Crippen MR) is 113 cm³/mol. The van der Waals surface area contributed by atoms with Crippen LogP contribution in [0.2, 0.25) is 0 Å². The van der Waals surface area contributed by atoms with Crippen LogP contribution in [0.1, 0.15) is 56.6 Å². The molecule has 5 nitrogen and oxygen atoms in total. The fourth-order valence-electron chi connectivity index (χ4n) is 4.43. The Balaban J connectivity index is 1.50. The van der Waals surface area contributed by atoms with Crippen molar-refractivity contribution in [3.63, 3.8) is 0 Å². The minimum Gasteiger partial charge on any atom is -0.354 e. The van der Waals surface area contributed by atoms with E-state index in [-0.39, 0.29) is 0 Å². The van der Waals surface area contributed by atoms with Gasteiger partial charge in [-0.1, -0.05) is 13.0 Å². The molecule has 1 saturated heterocycles. The van der Waals surface area contributed by atoms with Gasteiger partial charge in [-0.2, -0.15) is 0 Å². The maximum absolute atomic E-state index is 12.8. The zero-order chi connectivity index (χ0) is 19.6. The molecule has 6 heteroatoms. The average Bonchev–Trinajstić information content (AvgIpc) is 2.73. The highest BCUT2D eigenvalue weighted by molar-refractivity contribution is 7.92. The first-order chi connectivity index (χ1) is 13.6. The first-order valence-electron chi connectivity index (χ1n) is 10.4. The minimum atomic E-state index is -3.60. The Morgan fingerprint density at radius 3 is 2.64 bits per heavy atom. The number of piperidine rings is 1. The molecule has 1 fully saturated rings. The van der Waals surface area contributed by atoms with Gasteiger partial charge in [0.2, 0.25) is 0 Å². The Morgan fingerprint density at radius 2 is 1.89 bits per heavy atom. The molecule has 0 radical (unpaired) electrons. The van der Waals surface area contributed by atoms with E-state index < -0.39 is 10.0 Å². The van der Waals surface area contributed by atoms with Crippen LogP contribution in [-0.4, -0.2) is 26.0 Å². The fraction of sp³-hybridized carbons (Fsp3) is 0.500. The summed E-state index contributed by atoms with van der Waals surface area (Å²) in [6.07, 6.45) is 10.7. The number of rotatable bonds is 5. The van der Waals surface area contributed by atoms with Crippen molar-refractivity contribution in [2.75, 3.05) is 16.2 Å². The number of nitrogens with zero attached hydrogens (tertiary/aromatic N) is 2. The summed E-state index contributed by atoms with van der Waals surface area (Å²) in [5.74, 6) is 0.934. The van der Waals surface area contributed by atoms with E-state index in [4.69, 9.17) is 0 Å². The zero-order valence-corrected chi connectivity index (χ0v) is 17.3. The van der Waals surface area contributed by atoms with Gasteiger partial charge in [0.25, 0.3) is 10.0 Å². The lowest BCUT2D eigenvalue weighted by molar-refractivity contribution is 0.447. The molecule has 0 bridgehead atoms. The number of sulfonamides is 1. The predicted octanol–water partition coefficient (Wildman–Crippen LogP) is 4.53. The minimum absolute atomic E-state index is 0.333. The molecule has 150 valence electrons. The normalized spacial score (nSPS) is 19.9. The number of nitrogens with one attached hydrogen (secondary N) is 1. The van der Waals surface area contributed by atoms with Crippen molar-refractivity contribution in [1.82, 2.24) is 4.98 Å². The quantitative estimate of drug-likeness (QED) is 0.802. The molecule has 2 aromatic rings. The molecule has 0 saturated carbocycles. The van der Waals surface area contributed by atoms with Crippen molar-refractivity contribution in [1.29, 1.82) is 0 Å². The standard InChI is InChI=1S/C22H29N3O2S/c1-2-20-9-5-6-14-25(20)22-13-11-19(16-23-22)24-28(26,27)21-12-10-17-7-3-4-8-18(17)15-21/h10-13,15-16,20,24H,2-9,14H2,1H3. The molecular formula is C22H29N3O2S. The van der Waals surface area contributed by atoms with Crippen LogP contribution >= 0.6 is 0 Å². The summed E-state index contributed by atoms with van der Waals surface area (Å²) in [5.41, 5.74) is 2.95. The molecule has 2 aliphatic rings. The van der Waals surface area contributed by atoms with E-state index in [2.05, 4.69) is 21.5 Å². The number of aromatic nitrogens is 1. The number of fused-ring (bicyclic) bond motifs is 1. The summed E-state index contributed by atoms with van der Waals surface area (Å²) in [5, 5.41) is 0. The van der Waals surface area contributed by atoms with E-state index in [0.29, 0.717) is 16.6 Å². The molecule has 1 unspecified atom stereocenters. The molecule has 1 aromatic carbocycles. The Morgan fingerprint density at radius 1 is 1.07 bits per heavy atom. The van der Waals surface area contributed by atoms with Crippen LogP contribution < -0.4 is 9.62 Å². The summed E-state index contributed by atoms with van der Waals surface area (Å²) in [6, 6.07) is 9.79. The Hall–Kier alpha value is -2.08. The smallest absolute Gasteiger partial charge is 0.261 e. The molecule has 0 amide bonds. The van der Waals surface area contributed by atoms with Gasteiger partial charge in [-0.3, -0.25) is 4.72 Å². The first kappa shape index (κ1) is 19.2. The summed E-state index contributed by atoms with van der Waals surface area (Å²) in [6.45, 7) is 3.23. The van der Waals surface area contributed by atoms with Crippen molar-refractivity contribution < 1.29 is 8.42 Å². The molecule has 1 atom stereocenters. The third-order valence-corrected chi connectivity index (χ3v) is 7.40. The first-order valence-corrected chi connectivity index (χ1v) is 11.9. The van der Waals surface area contributed by atoms with Gasteiger partial charge in [0.1, 0.15) is 5.82 Å². The average molecular weight is 400 g/mol. The largest absolute Gasteiger partial charge is 0.354 e. The molecule has 1 aromatic heterocycles. The molecular weight excluding hydrogens is 370 g/mol. The van der Waals surface area contributed by atoms with E-state index in [0.717, 1.165) is 38.0 Å². The molecule has 28 heavy (non-hydrogen) atoms. The number of pyridine rings is 1. The summed E-state index contributed by atoms with van der Waals surface area (Å²) in [4.78, 5) is 7.23. The fourth-order valence-corrected chi connectivity index (χ4v) is 5.53. The van der Waals surface area contributed by atoms with Gasteiger partial charge in [0, 0.05) is 12.6 Å². The van der Waals surface area contributed by atoms with Crippen molar-refractivity contribution in [3.05, 3.63) is 47.7 Å². The lowest BCUT2D eigenvalue weighted by Gasteiger charge is -2.36. The lowest BCUT2D eigenvalue weighted by Crippen LogP contribution is -2.39. The van der Waals surface area contributed by atoms with Gasteiger partial charge in [-0.05, 0) is 86.8 Å². The van der Waals surface area contributed by atoms with Crippen molar-refractivity contribution in [3.8, 4) is 0 Å². The van der Waals surface area contributed by atoms with Crippen molar-refractivity contribution in [2.24, 2.45) is 0 Å². The van der Waals surface area contributed by atoms with Crippen LogP contribution in [0, 0.1) is 0 Å². The van der Waals surface area contributed by atoms with Crippen molar-refractivity contribution >= 4 is 21.5 Å². The Kier molecular flexibility index (Phi) is 5.58. The Labute approximate surface area is 168 Å². The lowest BCUT2D eigenvalue weighted by atomic mass is 9.92. The van der Waals surface area contributed by atoms with Gasteiger partial charge in [-0.25, -0.2) is 13.4 Å². The molecule has 1 aliphatic heterocycles. The second-order valence-corrected chi connectivity index (χ2v) is 9.58. The zero-order valence-electron chi connectivity index (χ0n) is 16.5. The third-order valence-electron chi connectivity index (χ3n) is 6.02. The highest BCUT2D eigenvalue weighted by atomic mass is 32.2. The maximum atomic E-state index is 12.8. The van der Waals surface area contributed by atoms with Crippen LogP contribution in [-0.2, 0) is 22.9 Å². The van der Waals surface area contributed by atoms with Gasteiger partial charge in [-0.15, -0.1) is 0 Å². The van der Waals surface area contributed by atoms with Gasteiger partial charge in [0.15, 0.2) is 0 Å². The summed E-state index contributed by atoms with van der Waals surface area (Å²) >= 11 is 0. The molecule has 4 rings (SSSR count). The highest BCUT2D eigenvalue weighted by Crippen LogP contribution is 2.27. The summed E-state index contributed by atoms with van der Waals surface area (Å²) < 4.78 is 28.3. The van der Waals surface area contributed by atoms with Crippen LogP contribution in [0.4, 0.5) is 11.5 Å². The highest BCUT2D eigenvalue weighted by Gasteiger charge is 2.22. The van der Waals surface area contributed by atoms with E-state index in [1.54, 1.807) is 12.3 Å². The van der Waals surface area contributed by atoms with Gasteiger partial charge in [0.05, 0.1) is 16.8 Å². The number of aryl methyl sites for hydroxylation is 2. The Bertz CT molecular complexity index is 925. The monoisotopic (exact) mass is 399 g/mol. The van der Waals surface area contributed by atoms with Crippen LogP contribution in [0.25, 0.3) is 0 Å². The summed E-state index contributed by atoms with van der Waals surface area (Å²) in [7, 11) is -3.60. The number of hydrogen-bond donors (Lipinski definition) is 1. The number of hydrogen-bond acceptors (Lipinski definition) is 4. The molecule has 2 heterocycles. The van der Waals surface area contributed by atoms with E-state index in [1.165, 1.54) is 36.8 Å². The molecule has 0 spiro atoms. The number of benzene rings is 1. The molecule has 1 aliphatic carbocycles. The second kappa shape index (κ2) is 8.11. The van der Waals surface area contributed by atoms with Crippen LogP contribution in [0.15, 0.2) is 41.4 Å². The third kappa shape index (κ3) is 4.02. The molecule has 1 N–H and O–H groups in total. The SMILES string of the molecule is CCC1CCCCN1c1ccc(NS(=O)(=O)c2ccc3c(c2)CCCC3)cn1. The van der Waals surface area contributed by atoms with Gasteiger partial charge >= 0.3 is 0 Å². The second-order valence-electron chi connectivity index (χ2n) is 7.90. The van der Waals surface area contributed by atoms with Crippen LogP contribution in [0.3, 0.4) is 0 Å². The van der Waals surface area contributed by atoms with E-state index in [9.17, 15) is 8.42 Å². The van der Waals surface area contributed by atoms with E-state index >= 15 is 0 Å². The van der Waals surface area contributed by atoms with Crippen LogP contribution in [0.5, 0.6) is 0 Å². The van der Waals surface area contributed by atoms with E-state index in [1.807, 2.05) is 24.3 Å². The van der Waals surface area contributed by atoms with Gasteiger partial charge < -0.3 is 4.90 Å². The topological polar surface area (TPSA) is 62.3 Å². The number of anilines is 2. The maximum Gasteiger partial charge on any atom is 0.261 e.